The lowest BCUT2D eigenvalue weighted by atomic mass is 10.2. The molecule has 0 fully saturated rings. The Balaban J connectivity index is 2.08. The van der Waals surface area contributed by atoms with E-state index in [-0.39, 0.29) is 17.3 Å². The first-order valence-corrected chi connectivity index (χ1v) is 7.92. The molecule has 1 aromatic heterocycles. The molecule has 0 amide bonds. The van der Waals surface area contributed by atoms with Gasteiger partial charge in [-0.3, -0.25) is 0 Å². The van der Waals surface area contributed by atoms with Crippen LogP contribution in [-0.2, 0) is 16.4 Å². The molecule has 0 atom stereocenters. The summed E-state index contributed by atoms with van der Waals surface area (Å²) in [5.41, 5.74) is 0.625. The average Bonchev–Trinajstić information content (AvgIpc) is 2.77. The molecule has 1 N–H and O–H groups in total. The first kappa shape index (κ1) is 15.1. The van der Waals surface area contributed by atoms with Crippen LogP contribution in [0.15, 0.2) is 39.6 Å². The number of benzene rings is 1. The number of carboxylic acids is 1. The van der Waals surface area contributed by atoms with E-state index in [1.54, 1.807) is 19.1 Å². The molecule has 2 aromatic rings. The van der Waals surface area contributed by atoms with Crippen LogP contribution >= 0.6 is 0 Å². The molecule has 0 unspecified atom stereocenters. The Morgan fingerprint density at radius 1 is 1.29 bits per heavy atom. The highest BCUT2D eigenvalue weighted by molar-refractivity contribution is 7.90. The minimum atomic E-state index is -3.24. The number of furan rings is 1. The SMILES string of the molecule is Cc1oc(C(=O)O)cc1COc1ccc(S(C)(=O)=O)cc1. The van der Waals surface area contributed by atoms with E-state index in [1.165, 1.54) is 18.2 Å². The number of hydrogen-bond donors (Lipinski definition) is 1. The van der Waals surface area contributed by atoms with Crippen molar-refractivity contribution in [3.05, 3.63) is 47.4 Å². The van der Waals surface area contributed by atoms with Gasteiger partial charge in [0, 0.05) is 11.8 Å². The molecule has 112 valence electrons. The molecule has 21 heavy (non-hydrogen) atoms. The van der Waals surface area contributed by atoms with Gasteiger partial charge in [0.05, 0.1) is 4.90 Å². The zero-order valence-electron chi connectivity index (χ0n) is 11.5. The molecular formula is C14H14O6S. The van der Waals surface area contributed by atoms with Crippen molar-refractivity contribution in [2.45, 2.75) is 18.4 Å². The second-order valence-corrected chi connectivity index (χ2v) is 6.55. The fourth-order valence-corrected chi connectivity index (χ4v) is 2.34. The van der Waals surface area contributed by atoms with E-state index in [1.807, 2.05) is 0 Å². The summed E-state index contributed by atoms with van der Waals surface area (Å²) in [4.78, 5) is 11.0. The Kier molecular flexibility index (Phi) is 4.04. The van der Waals surface area contributed by atoms with Gasteiger partial charge in [-0.1, -0.05) is 0 Å². The van der Waals surface area contributed by atoms with E-state index in [4.69, 9.17) is 14.3 Å². The molecule has 7 heteroatoms. The zero-order valence-corrected chi connectivity index (χ0v) is 12.3. The predicted octanol–water partition coefficient (Wildman–Crippen LogP) is 2.27. The lowest BCUT2D eigenvalue weighted by Crippen LogP contribution is -1.98. The summed E-state index contributed by atoms with van der Waals surface area (Å²) in [6, 6.07) is 7.40. The van der Waals surface area contributed by atoms with E-state index >= 15 is 0 Å². The molecule has 0 radical (unpaired) electrons. The fraction of sp³-hybridized carbons (Fsp3) is 0.214. The van der Waals surface area contributed by atoms with Crippen molar-refractivity contribution in [2.75, 3.05) is 6.26 Å². The fourth-order valence-electron chi connectivity index (χ4n) is 1.71. The Morgan fingerprint density at radius 3 is 2.38 bits per heavy atom. The number of sulfone groups is 1. The maximum atomic E-state index is 11.3. The molecule has 0 saturated carbocycles. The van der Waals surface area contributed by atoms with Crippen molar-refractivity contribution >= 4 is 15.8 Å². The number of carboxylic acid groups (broad SMARTS) is 1. The molecule has 1 aromatic carbocycles. The average molecular weight is 310 g/mol. The molecule has 2 rings (SSSR count). The van der Waals surface area contributed by atoms with Gasteiger partial charge in [-0.25, -0.2) is 13.2 Å². The van der Waals surface area contributed by atoms with Crippen LogP contribution in [0.25, 0.3) is 0 Å². The largest absolute Gasteiger partial charge is 0.489 e. The third-order valence-corrected chi connectivity index (χ3v) is 4.01. The van der Waals surface area contributed by atoms with Gasteiger partial charge in [0.15, 0.2) is 9.84 Å². The van der Waals surface area contributed by atoms with Crippen LogP contribution in [0.1, 0.15) is 21.9 Å². The highest BCUT2D eigenvalue weighted by atomic mass is 32.2. The van der Waals surface area contributed by atoms with Gasteiger partial charge in [-0.15, -0.1) is 0 Å². The van der Waals surface area contributed by atoms with Crippen LogP contribution in [0.5, 0.6) is 5.75 Å². The second-order valence-electron chi connectivity index (χ2n) is 4.53. The Hall–Kier alpha value is -2.28. The van der Waals surface area contributed by atoms with Gasteiger partial charge in [0.1, 0.15) is 18.1 Å². The minimum Gasteiger partial charge on any atom is -0.489 e. The topological polar surface area (TPSA) is 93.8 Å². The second kappa shape index (κ2) is 5.61. The highest BCUT2D eigenvalue weighted by Gasteiger charge is 2.13. The van der Waals surface area contributed by atoms with Crippen molar-refractivity contribution in [3.8, 4) is 5.75 Å². The number of carbonyl (C=O) groups is 1. The van der Waals surface area contributed by atoms with Crippen LogP contribution in [-0.4, -0.2) is 25.7 Å². The molecule has 0 aliphatic rings. The molecule has 0 saturated heterocycles. The normalized spacial score (nSPS) is 11.3. The number of aryl methyl sites for hydroxylation is 1. The number of hydrogen-bond acceptors (Lipinski definition) is 5. The van der Waals surface area contributed by atoms with Crippen molar-refractivity contribution in [1.82, 2.24) is 0 Å². The summed E-state index contributed by atoms with van der Waals surface area (Å²) in [5.74, 6) is -0.319. The maximum absolute atomic E-state index is 11.3. The number of aromatic carboxylic acids is 1. The maximum Gasteiger partial charge on any atom is 0.371 e. The zero-order chi connectivity index (χ0) is 15.6. The lowest BCUT2D eigenvalue weighted by Gasteiger charge is -2.06. The first-order chi connectivity index (χ1) is 9.77. The van der Waals surface area contributed by atoms with Crippen LogP contribution in [0, 0.1) is 6.92 Å². The van der Waals surface area contributed by atoms with Crippen LogP contribution < -0.4 is 4.74 Å². The summed E-state index contributed by atoms with van der Waals surface area (Å²) in [5, 5.41) is 8.82. The van der Waals surface area contributed by atoms with E-state index in [0.717, 1.165) is 6.26 Å². The van der Waals surface area contributed by atoms with Crippen molar-refractivity contribution in [3.63, 3.8) is 0 Å². The molecule has 6 nitrogen and oxygen atoms in total. The summed E-state index contributed by atoms with van der Waals surface area (Å²) in [7, 11) is -3.24. The lowest BCUT2D eigenvalue weighted by molar-refractivity contribution is 0.0661. The molecule has 0 bridgehead atoms. The molecular weight excluding hydrogens is 296 g/mol. The van der Waals surface area contributed by atoms with Gasteiger partial charge in [-0.2, -0.15) is 0 Å². The predicted molar refractivity (Wildman–Crippen MR) is 74.3 cm³/mol. The summed E-state index contributed by atoms with van der Waals surface area (Å²) >= 11 is 0. The van der Waals surface area contributed by atoms with E-state index in [0.29, 0.717) is 17.1 Å². The Bertz CT molecular complexity index is 755. The van der Waals surface area contributed by atoms with Gasteiger partial charge in [0.2, 0.25) is 5.76 Å². The van der Waals surface area contributed by atoms with E-state index < -0.39 is 15.8 Å². The van der Waals surface area contributed by atoms with Gasteiger partial charge < -0.3 is 14.3 Å². The van der Waals surface area contributed by atoms with Gasteiger partial charge >= 0.3 is 5.97 Å². The quantitative estimate of drug-likeness (QED) is 0.910. The van der Waals surface area contributed by atoms with Crippen LogP contribution in [0.4, 0.5) is 0 Å². The Morgan fingerprint density at radius 2 is 1.90 bits per heavy atom. The first-order valence-electron chi connectivity index (χ1n) is 6.03. The summed E-state index contributed by atoms with van der Waals surface area (Å²) in [6.07, 6.45) is 1.13. The number of rotatable bonds is 5. The summed E-state index contributed by atoms with van der Waals surface area (Å²) in [6.45, 7) is 1.79. The number of ether oxygens (including phenoxy) is 1. The highest BCUT2D eigenvalue weighted by Crippen LogP contribution is 2.20. The third kappa shape index (κ3) is 3.63. The molecule has 0 aliphatic heterocycles. The van der Waals surface area contributed by atoms with Crippen LogP contribution in [0.3, 0.4) is 0 Å². The smallest absolute Gasteiger partial charge is 0.371 e. The van der Waals surface area contributed by atoms with Crippen LogP contribution in [0.2, 0.25) is 0 Å². The van der Waals surface area contributed by atoms with Gasteiger partial charge in [-0.05, 0) is 37.3 Å². The monoisotopic (exact) mass is 310 g/mol. The van der Waals surface area contributed by atoms with E-state index in [2.05, 4.69) is 0 Å². The molecule has 0 spiro atoms. The van der Waals surface area contributed by atoms with Crippen molar-refractivity contribution in [1.29, 1.82) is 0 Å². The Labute approximate surface area is 121 Å². The third-order valence-electron chi connectivity index (χ3n) is 2.88. The van der Waals surface area contributed by atoms with Crippen molar-refractivity contribution in [2.24, 2.45) is 0 Å². The summed E-state index contributed by atoms with van der Waals surface area (Å²) < 4.78 is 33.2. The molecule has 1 heterocycles. The minimum absolute atomic E-state index is 0.140. The van der Waals surface area contributed by atoms with E-state index in [9.17, 15) is 13.2 Å². The molecule has 0 aliphatic carbocycles. The van der Waals surface area contributed by atoms with Gasteiger partial charge in [0.25, 0.3) is 0 Å². The standard InChI is InChI=1S/C14H14O6S/c1-9-10(7-13(20-9)14(15)16)8-19-11-3-5-12(6-4-11)21(2,17)18/h3-7H,8H2,1-2H3,(H,15,16). The van der Waals surface area contributed by atoms with Crippen molar-refractivity contribution < 1.29 is 27.5 Å².